The summed E-state index contributed by atoms with van der Waals surface area (Å²) in [6.45, 7) is 15.9. The number of rotatable bonds is 0. The molecule has 1 saturated carbocycles. The Morgan fingerprint density at radius 1 is 0.656 bits per heavy atom. The Kier molecular flexibility index (Phi) is 7.38. The maximum atomic E-state index is 11.9. The van der Waals surface area contributed by atoms with Gasteiger partial charge < -0.3 is 14.8 Å². The van der Waals surface area contributed by atoms with Gasteiger partial charge in [-0.15, -0.1) is 0 Å². The second-order valence-electron chi connectivity index (χ2n) is 12.1. The summed E-state index contributed by atoms with van der Waals surface area (Å²) in [5.41, 5.74) is -0.651. The Balaban J connectivity index is 0.000000181. The molecular weight excluding hydrogens is 406 g/mol. The minimum Gasteiger partial charge on any atom is -0.441 e. The van der Waals surface area contributed by atoms with E-state index in [4.69, 9.17) is 9.47 Å². The van der Waals surface area contributed by atoms with Crippen LogP contribution in [0.5, 0.6) is 0 Å². The van der Waals surface area contributed by atoms with Gasteiger partial charge >= 0.3 is 12.2 Å². The van der Waals surface area contributed by atoms with Crippen molar-refractivity contribution < 1.29 is 19.1 Å². The van der Waals surface area contributed by atoms with Gasteiger partial charge in [0.2, 0.25) is 0 Å². The minimum atomic E-state index is -0.228. The molecule has 0 bridgehead atoms. The first-order chi connectivity index (χ1) is 14.9. The normalized spacial score (nSPS) is 28.7. The van der Waals surface area contributed by atoms with Crippen LogP contribution in [0, 0.1) is 0 Å². The quantitative estimate of drug-likeness (QED) is 0.556. The van der Waals surface area contributed by atoms with E-state index in [0.717, 1.165) is 58.3 Å². The van der Waals surface area contributed by atoms with Gasteiger partial charge in [-0.05, 0) is 93.2 Å². The van der Waals surface area contributed by atoms with Gasteiger partial charge in [0.15, 0.2) is 0 Å². The van der Waals surface area contributed by atoms with E-state index < -0.39 is 0 Å². The van der Waals surface area contributed by atoms with Gasteiger partial charge in [0, 0.05) is 17.5 Å². The number of amides is 2. The number of nitrogens with zero attached hydrogens (tertiary/aromatic N) is 2. The van der Waals surface area contributed by atoms with E-state index >= 15 is 0 Å². The summed E-state index contributed by atoms with van der Waals surface area (Å²) in [5.74, 6) is 0. The highest BCUT2D eigenvalue weighted by Gasteiger charge is 2.49. The summed E-state index contributed by atoms with van der Waals surface area (Å²) in [4.78, 5) is 27.5. The average molecular weight is 452 g/mol. The van der Waals surface area contributed by atoms with Gasteiger partial charge in [-0.3, -0.25) is 9.80 Å². The number of hydrogen-bond acceptors (Lipinski definition) is 5. The smallest absolute Gasteiger partial charge is 0.410 e. The molecule has 0 radical (unpaired) electrons. The molecule has 7 heteroatoms. The molecule has 184 valence electrons. The SMILES string of the molecule is CC(C)(C)N1CC2(CCCCCC2)OC1=O.CC(C)(C)N1CC2(CCCNCC2)OC1=O. The zero-order valence-electron chi connectivity index (χ0n) is 21.2. The zero-order valence-corrected chi connectivity index (χ0v) is 21.2. The van der Waals surface area contributed by atoms with Crippen molar-refractivity contribution in [3.8, 4) is 0 Å². The molecule has 1 N–H and O–H groups in total. The highest BCUT2D eigenvalue weighted by Crippen LogP contribution is 2.38. The van der Waals surface area contributed by atoms with Crippen LogP contribution >= 0.6 is 0 Å². The Morgan fingerprint density at radius 2 is 1.09 bits per heavy atom. The summed E-state index contributed by atoms with van der Waals surface area (Å²) in [6, 6.07) is 0. The van der Waals surface area contributed by atoms with Crippen molar-refractivity contribution in [3.05, 3.63) is 0 Å². The van der Waals surface area contributed by atoms with Gasteiger partial charge in [0.1, 0.15) is 11.2 Å². The van der Waals surface area contributed by atoms with Crippen LogP contribution in [0.25, 0.3) is 0 Å². The molecule has 32 heavy (non-hydrogen) atoms. The van der Waals surface area contributed by atoms with Crippen molar-refractivity contribution in [1.82, 2.24) is 15.1 Å². The lowest BCUT2D eigenvalue weighted by atomic mass is 9.93. The molecule has 4 aliphatic rings. The molecule has 4 fully saturated rings. The van der Waals surface area contributed by atoms with Crippen LogP contribution in [0.4, 0.5) is 9.59 Å². The summed E-state index contributed by atoms with van der Waals surface area (Å²) in [7, 11) is 0. The third-order valence-corrected chi connectivity index (χ3v) is 7.32. The third kappa shape index (κ3) is 5.89. The Hall–Kier alpha value is -1.50. The van der Waals surface area contributed by atoms with Crippen molar-refractivity contribution in [2.24, 2.45) is 0 Å². The van der Waals surface area contributed by atoms with Crippen LogP contribution in [0.3, 0.4) is 0 Å². The largest absolute Gasteiger partial charge is 0.441 e. The standard InChI is InChI=1S/C13H23NO2.C12H22N2O2/c1-12(2,3)14-10-13(16-11(14)15)8-6-4-5-7-9-13;1-11(2,3)14-9-12(16-10(14)15)5-4-7-13-8-6-12/h4-10H2,1-3H3;13H,4-9H2,1-3H3. The first-order valence-electron chi connectivity index (χ1n) is 12.6. The predicted molar refractivity (Wildman–Crippen MR) is 126 cm³/mol. The Morgan fingerprint density at radius 3 is 1.53 bits per heavy atom. The molecule has 0 aromatic rings. The molecule has 3 aliphatic heterocycles. The van der Waals surface area contributed by atoms with E-state index in [0.29, 0.717) is 0 Å². The fourth-order valence-corrected chi connectivity index (χ4v) is 5.27. The molecule has 4 rings (SSSR count). The van der Waals surface area contributed by atoms with Gasteiger partial charge in [0.05, 0.1) is 13.1 Å². The number of carbonyl (C=O) groups is 2. The zero-order chi connectivity index (χ0) is 23.6. The number of ether oxygens (including phenoxy) is 2. The summed E-state index contributed by atoms with van der Waals surface area (Å²) in [5, 5.41) is 3.36. The molecule has 7 nitrogen and oxygen atoms in total. The maximum absolute atomic E-state index is 11.9. The maximum Gasteiger partial charge on any atom is 0.410 e. The van der Waals surface area contributed by atoms with Crippen LogP contribution in [0.2, 0.25) is 0 Å². The Labute approximate surface area is 194 Å². The summed E-state index contributed by atoms with van der Waals surface area (Å²) < 4.78 is 11.4. The molecule has 2 amide bonds. The highest BCUT2D eigenvalue weighted by atomic mass is 16.6. The number of carbonyl (C=O) groups excluding carboxylic acids is 2. The fourth-order valence-electron chi connectivity index (χ4n) is 5.27. The molecule has 2 spiro atoms. The van der Waals surface area contributed by atoms with E-state index in [9.17, 15) is 9.59 Å². The molecule has 0 aromatic carbocycles. The lowest BCUT2D eigenvalue weighted by molar-refractivity contribution is 0.0441. The second kappa shape index (κ2) is 9.40. The molecule has 1 aliphatic carbocycles. The second-order valence-corrected chi connectivity index (χ2v) is 12.1. The molecule has 1 unspecified atom stereocenters. The third-order valence-electron chi connectivity index (χ3n) is 7.32. The van der Waals surface area contributed by atoms with Crippen molar-refractivity contribution in [2.75, 3.05) is 26.2 Å². The molecule has 3 heterocycles. The van der Waals surface area contributed by atoms with Crippen molar-refractivity contribution in [1.29, 1.82) is 0 Å². The average Bonchev–Trinajstić information content (AvgIpc) is 2.96. The topological polar surface area (TPSA) is 71.1 Å². The Bertz CT molecular complexity index is 606. The van der Waals surface area contributed by atoms with Crippen molar-refractivity contribution in [2.45, 2.75) is 122 Å². The highest BCUT2D eigenvalue weighted by molar-refractivity contribution is 5.72. The lowest BCUT2D eigenvalue weighted by Gasteiger charge is -2.31. The van der Waals surface area contributed by atoms with Gasteiger partial charge in [-0.25, -0.2) is 9.59 Å². The van der Waals surface area contributed by atoms with Gasteiger partial charge in [0.25, 0.3) is 0 Å². The minimum absolute atomic E-state index is 0.116. The van der Waals surface area contributed by atoms with Crippen LogP contribution in [-0.2, 0) is 9.47 Å². The van der Waals surface area contributed by atoms with Gasteiger partial charge in [-0.2, -0.15) is 0 Å². The van der Waals surface area contributed by atoms with Gasteiger partial charge in [-0.1, -0.05) is 12.8 Å². The first-order valence-corrected chi connectivity index (χ1v) is 12.6. The van der Waals surface area contributed by atoms with Crippen LogP contribution in [0.15, 0.2) is 0 Å². The molecule has 0 aromatic heterocycles. The monoisotopic (exact) mass is 451 g/mol. The van der Waals surface area contributed by atoms with Crippen molar-refractivity contribution >= 4 is 12.2 Å². The van der Waals surface area contributed by atoms with E-state index in [2.05, 4.69) is 46.9 Å². The number of nitrogens with one attached hydrogen (secondary N) is 1. The van der Waals surface area contributed by atoms with Crippen LogP contribution in [0.1, 0.15) is 99.3 Å². The van der Waals surface area contributed by atoms with E-state index in [-0.39, 0.29) is 34.5 Å². The van der Waals surface area contributed by atoms with E-state index in [1.807, 2.05) is 9.80 Å². The first kappa shape index (κ1) is 25.1. The number of hydrogen-bond donors (Lipinski definition) is 1. The van der Waals surface area contributed by atoms with E-state index in [1.54, 1.807) is 0 Å². The van der Waals surface area contributed by atoms with Crippen LogP contribution in [-0.4, -0.2) is 70.4 Å². The molecular formula is C25H45N3O4. The fraction of sp³-hybridized carbons (Fsp3) is 0.920. The summed E-state index contributed by atoms with van der Waals surface area (Å²) in [6.07, 6.45) is 9.81. The lowest BCUT2D eigenvalue weighted by Crippen LogP contribution is -2.44. The van der Waals surface area contributed by atoms with Crippen LogP contribution < -0.4 is 5.32 Å². The van der Waals surface area contributed by atoms with E-state index in [1.165, 1.54) is 25.7 Å². The van der Waals surface area contributed by atoms with Crippen molar-refractivity contribution in [3.63, 3.8) is 0 Å². The molecule has 3 saturated heterocycles. The molecule has 1 atom stereocenters. The summed E-state index contributed by atoms with van der Waals surface area (Å²) >= 11 is 0. The predicted octanol–water partition coefficient (Wildman–Crippen LogP) is 5.08.